The standard InChI is InChI=1S/C14H23N3O2/c1-4-16-14(18)10-17(5-2)11-7-8-12(15)13(9-11)19-6-3/h7-9H,4-6,10,15H2,1-3H3,(H,16,18). The number of hydrogen-bond acceptors (Lipinski definition) is 4. The van der Waals surface area contributed by atoms with Gasteiger partial charge in [-0.15, -0.1) is 0 Å². The van der Waals surface area contributed by atoms with E-state index in [1.165, 1.54) is 0 Å². The molecule has 3 N–H and O–H groups in total. The van der Waals surface area contributed by atoms with Crippen LogP contribution in [-0.4, -0.2) is 32.1 Å². The molecule has 0 aliphatic carbocycles. The summed E-state index contributed by atoms with van der Waals surface area (Å²) in [6, 6.07) is 5.59. The normalized spacial score (nSPS) is 10.1. The molecular formula is C14H23N3O2. The number of nitrogens with one attached hydrogen (secondary N) is 1. The Labute approximate surface area is 114 Å². The Morgan fingerprint density at radius 2 is 2.11 bits per heavy atom. The highest BCUT2D eigenvalue weighted by molar-refractivity contribution is 5.81. The highest BCUT2D eigenvalue weighted by Gasteiger charge is 2.11. The summed E-state index contributed by atoms with van der Waals surface area (Å²) in [6.45, 7) is 8.11. The van der Waals surface area contributed by atoms with Crippen molar-refractivity contribution in [1.29, 1.82) is 0 Å². The number of nitrogens with two attached hydrogens (primary N) is 1. The molecule has 0 heterocycles. The predicted octanol–water partition coefficient (Wildman–Crippen LogP) is 1.63. The molecule has 0 spiro atoms. The van der Waals surface area contributed by atoms with Crippen LogP contribution in [0.4, 0.5) is 11.4 Å². The van der Waals surface area contributed by atoms with Crippen LogP contribution in [0.25, 0.3) is 0 Å². The van der Waals surface area contributed by atoms with E-state index in [9.17, 15) is 4.79 Å². The number of hydrogen-bond donors (Lipinski definition) is 2. The monoisotopic (exact) mass is 265 g/mol. The van der Waals surface area contributed by atoms with Crippen molar-refractivity contribution >= 4 is 17.3 Å². The summed E-state index contributed by atoms with van der Waals surface area (Å²) in [6.07, 6.45) is 0. The first-order valence-electron chi connectivity index (χ1n) is 6.66. The van der Waals surface area contributed by atoms with Gasteiger partial charge in [-0.25, -0.2) is 0 Å². The lowest BCUT2D eigenvalue weighted by Gasteiger charge is -2.23. The van der Waals surface area contributed by atoms with Gasteiger partial charge in [0.15, 0.2) is 0 Å². The molecule has 1 rings (SSSR count). The van der Waals surface area contributed by atoms with Crippen molar-refractivity contribution in [3.05, 3.63) is 18.2 Å². The molecular weight excluding hydrogens is 242 g/mol. The SMILES string of the molecule is CCNC(=O)CN(CC)c1ccc(N)c(OCC)c1. The number of likely N-dealkylation sites (N-methyl/N-ethyl adjacent to an activating group) is 2. The zero-order valence-corrected chi connectivity index (χ0v) is 11.9. The molecule has 0 saturated heterocycles. The minimum atomic E-state index is 0.0131. The van der Waals surface area contributed by atoms with Gasteiger partial charge in [0, 0.05) is 24.8 Å². The van der Waals surface area contributed by atoms with Gasteiger partial charge in [0.2, 0.25) is 5.91 Å². The Morgan fingerprint density at radius 1 is 1.37 bits per heavy atom. The predicted molar refractivity (Wildman–Crippen MR) is 78.6 cm³/mol. The van der Waals surface area contributed by atoms with Gasteiger partial charge in [0.05, 0.1) is 18.8 Å². The van der Waals surface area contributed by atoms with Gasteiger partial charge in [-0.3, -0.25) is 4.79 Å². The Kier molecular flexibility index (Phi) is 5.99. The van der Waals surface area contributed by atoms with Gasteiger partial charge in [0.25, 0.3) is 0 Å². The number of nitrogen functional groups attached to an aromatic ring is 1. The molecule has 0 unspecified atom stereocenters. The molecule has 1 aromatic rings. The topological polar surface area (TPSA) is 67.6 Å². The molecule has 1 amide bonds. The second kappa shape index (κ2) is 7.51. The number of benzene rings is 1. The molecule has 0 atom stereocenters. The lowest BCUT2D eigenvalue weighted by Crippen LogP contribution is -2.37. The summed E-state index contributed by atoms with van der Waals surface area (Å²) >= 11 is 0. The summed E-state index contributed by atoms with van der Waals surface area (Å²) in [4.78, 5) is 13.6. The van der Waals surface area contributed by atoms with E-state index in [-0.39, 0.29) is 5.91 Å². The Balaban J connectivity index is 2.86. The van der Waals surface area contributed by atoms with Crippen molar-refractivity contribution < 1.29 is 9.53 Å². The summed E-state index contributed by atoms with van der Waals surface area (Å²) in [5.74, 6) is 0.675. The quantitative estimate of drug-likeness (QED) is 0.735. The van der Waals surface area contributed by atoms with Gasteiger partial charge in [0.1, 0.15) is 5.75 Å². The number of anilines is 2. The average molecular weight is 265 g/mol. The fraction of sp³-hybridized carbons (Fsp3) is 0.500. The van der Waals surface area contributed by atoms with Crippen molar-refractivity contribution in [2.24, 2.45) is 0 Å². The summed E-state index contributed by atoms with van der Waals surface area (Å²) in [7, 11) is 0. The van der Waals surface area contributed by atoms with E-state index in [1.54, 1.807) is 6.07 Å². The maximum absolute atomic E-state index is 11.7. The molecule has 1 aromatic carbocycles. The van der Waals surface area contributed by atoms with Crippen molar-refractivity contribution in [1.82, 2.24) is 5.32 Å². The van der Waals surface area contributed by atoms with E-state index in [0.717, 1.165) is 12.2 Å². The Morgan fingerprint density at radius 3 is 2.68 bits per heavy atom. The minimum absolute atomic E-state index is 0.0131. The van der Waals surface area contributed by atoms with Gasteiger partial charge in [-0.1, -0.05) is 0 Å². The molecule has 0 aliphatic heterocycles. The molecule has 0 aromatic heterocycles. The zero-order chi connectivity index (χ0) is 14.3. The first kappa shape index (κ1) is 15.1. The van der Waals surface area contributed by atoms with Gasteiger partial charge in [-0.05, 0) is 32.9 Å². The average Bonchev–Trinajstić information content (AvgIpc) is 2.39. The summed E-state index contributed by atoms with van der Waals surface area (Å²) in [5.41, 5.74) is 7.39. The highest BCUT2D eigenvalue weighted by Crippen LogP contribution is 2.27. The Hall–Kier alpha value is -1.91. The third-order valence-electron chi connectivity index (χ3n) is 2.75. The van der Waals surface area contributed by atoms with Gasteiger partial charge < -0.3 is 20.7 Å². The maximum Gasteiger partial charge on any atom is 0.239 e. The molecule has 5 heteroatoms. The van der Waals surface area contributed by atoms with E-state index in [2.05, 4.69) is 5.32 Å². The van der Waals surface area contributed by atoms with Crippen LogP contribution in [0.3, 0.4) is 0 Å². The zero-order valence-electron chi connectivity index (χ0n) is 11.9. The second-order valence-electron chi connectivity index (χ2n) is 4.12. The van der Waals surface area contributed by atoms with E-state index in [0.29, 0.717) is 31.1 Å². The Bertz CT molecular complexity index is 421. The van der Waals surface area contributed by atoms with Crippen LogP contribution in [0.5, 0.6) is 5.75 Å². The molecule has 19 heavy (non-hydrogen) atoms. The number of rotatable bonds is 7. The molecule has 0 bridgehead atoms. The van der Waals surface area contributed by atoms with Crippen LogP contribution >= 0.6 is 0 Å². The number of carbonyl (C=O) groups is 1. The minimum Gasteiger partial charge on any atom is -0.492 e. The lowest BCUT2D eigenvalue weighted by molar-refractivity contribution is -0.119. The molecule has 0 saturated carbocycles. The number of amides is 1. The van der Waals surface area contributed by atoms with E-state index in [1.807, 2.05) is 37.8 Å². The van der Waals surface area contributed by atoms with Crippen molar-refractivity contribution in [3.8, 4) is 5.75 Å². The second-order valence-corrected chi connectivity index (χ2v) is 4.12. The van der Waals surface area contributed by atoms with Crippen LogP contribution in [0.1, 0.15) is 20.8 Å². The third-order valence-corrected chi connectivity index (χ3v) is 2.75. The van der Waals surface area contributed by atoms with Crippen LogP contribution in [-0.2, 0) is 4.79 Å². The van der Waals surface area contributed by atoms with Gasteiger partial charge in [-0.2, -0.15) is 0 Å². The molecule has 0 radical (unpaired) electrons. The fourth-order valence-corrected chi connectivity index (χ4v) is 1.81. The van der Waals surface area contributed by atoms with Crippen LogP contribution in [0.2, 0.25) is 0 Å². The fourth-order valence-electron chi connectivity index (χ4n) is 1.81. The number of carbonyl (C=O) groups excluding carboxylic acids is 1. The summed E-state index contributed by atoms with van der Waals surface area (Å²) < 4.78 is 5.47. The van der Waals surface area contributed by atoms with Crippen molar-refractivity contribution in [2.75, 3.05) is 36.9 Å². The van der Waals surface area contributed by atoms with Crippen LogP contribution < -0.4 is 20.7 Å². The molecule has 0 fully saturated rings. The molecule has 5 nitrogen and oxygen atoms in total. The molecule has 106 valence electrons. The number of ether oxygens (including phenoxy) is 1. The largest absolute Gasteiger partial charge is 0.492 e. The van der Waals surface area contributed by atoms with Crippen LogP contribution in [0.15, 0.2) is 18.2 Å². The molecule has 0 aliphatic rings. The van der Waals surface area contributed by atoms with Crippen molar-refractivity contribution in [3.63, 3.8) is 0 Å². The van der Waals surface area contributed by atoms with Gasteiger partial charge >= 0.3 is 0 Å². The van der Waals surface area contributed by atoms with Crippen LogP contribution in [0, 0.1) is 0 Å². The van der Waals surface area contributed by atoms with Crippen molar-refractivity contribution in [2.45, 2.75) is 20.8 Å². The van der Waals surface area contributed by atoms with E-state index in [4.69, 9.17) is 10.5 Å². The summed E-state index contributed by atoms with van der Waals surface area (Å²) in [5, 5.41) is 2.79. The first-order chi connectivity index (χ1) is 9.12. The smallest absolute Gasteiger partial charge is 0.239 e. The third kappa shape index (κ3) is 4.35. The number of nitrogens with zero attached hydrogens (tertiary/aromatic N) is 1. The lowest BCUT2D eigenvalue weighted by atomic mass is 10.2. The maximum atomic E-state index is 11.7. The van der Waals surface area contributed by atoms with E-state index >= 15 is 0 Å². The van der Waals surface area contributed by atoms with E-state index < -0.39 is 0 Å². The highest BCUT2D eigenvalue weighted by atomic mass is 16.5. The first-order valence-corrected chi connectivity index (χ1v) is 6.66.